The molecule has 4 aromatic rings. The van der Waals surface area contributed by atoms with Crippen LogP contribution >= 0.6 is 23.1 Å². The number of methoxy groups -OCH3 is 1. The fraction of sp³-hybridized carbons (Fsp3) is 0.136. The van der Waals surface area contributed by atoms with E-state index in [-0.39, 0.29) is 23.5 Å². The van der Waals surface area contributed by atoms with Crippen molar-refractivity contribution in [3.8, 4) is 5.75 Å². The van der Waals surface area contributed by atoms with Crippen LogP contribution in [0.1, 0.15) is 5.56 Å². The number of benzene rings is 2. The Labute approximate surface area is 189 Å². The number of nitrogens with zero attached hydrogens (tertiary/aromatic N) is 2. The van der Waals surface area contributed by atoms with Crippen LogP contribution < -0.4 is 15.6 Å². The number of thioether (sulfide) groups is 1. The molecule has 1 N–H and O–H groups in total. The quantitative estimate of drug-likeness (QED) is 0.316. The van der Waals surface area contributed by atoms with Crippen LogP contribution in [0.15, 0.2) is 63.9 Å². The zero-order chi connectivity index (χ0) is 22.7. The van der Waals surface area contributed by atoms with Gasteiger partial charge in [-0.1, -0.05) is 30.0 Å². The Kier molecular flexibility index (Phi) is 6.52. The molecular weight excluding hydrogens is 456 g/mol. The molecule has 10 heteroatoms. The number of hydrogen-bond donors (Lipinski definition) is 1. The van der Waals surface area contributed by atoms with Crippen LogP contribution in [0.4, 0.5) is 14.5 Å². The summed E-state index contributed by atoms with van der Waals surface area (Å²) in [7, 11) is 1.55. The molecule has 1 amide bonds. The van der Waals surface area contributed by atoms with E-state index in [4.69, 9.17) is 4.74 Å². The van der Waals surface area contributed by atoms with Crippen LogP contribution in [0.5, 0.6) is 5.75 Å². The first-order chi connectivity index (χ1) is 15.5. The van der Waals surface area contributed by atoms with Crippen molar-refractivity contribution in [1.82, 2.24) is 9.55 Å². The van der Waals surface area contributed by atoms with Crippen molar-refractivity contribution in [2.24, 2.45) is 0 Å². The van der Waals surface area contributed by atoms with Crippen molar-refractivity contribution in [2.75, 3.05) is 18.2 Å². The van der Waals surface area contributed by atoms with Crippen molar-refractivity contribution < 1.29 is 18.3 Å². The molecule has 164 valence electrons. The molecule has 2 heterocycles. The Morgan fingerprint density at radius 3 is 2.84 bits per heavy atom. The first kappa shape index (κ1) is 22.0. The molecular formula is C22H17F2N3O3S2. The Morgan fingerprint density at radius 2 is 2.03 bits per heavy atom. The largest absolute Gasteiger partial charge is 0.496 e. The maximum Gasteiger partial charge on any atom is 0.272 e. The Morgan fingerprint density at radius 1 is 1.22 bits per heavy atom. The number of hydrogen-bond acceptors (Lipinski definition) is 6. The third kappa shape index (κ3) is 4.66. The van der Waals surface area contributed by atoms with Crippen molar-refractivity contribution in [3.05, 3.63) is 81.5 Å². The molecule has 2 aromatic heterocycles. The summed E-state index contributed by atoms with van der Waals surface area (Å²) in [4.78, 5) is 30.0. The van der Waals surface area contributed by atoms with E-state index in [1.807, 2.05) is 18.2 Å². The standard InChI is InChI=1S/C22H17F2N3O3S2/c1-30-18-5-3-2-4-13(18)11-27-21(29)20-16(8-9-31-20)26-22(27)32-12-19(28)25-17-10-14(23)6-7-15(17)24/h2-10H,11-12H2,1H3,(H,25,28). The molecule has 0 aliphatic heterocycles. The molecule has 32 heavy (non-hydrogen) atoms. The highest BCUT2D eigenvalue weighted by Gasteiger charge is 2.17. The fourth-order valence-corrected chi connectivity index (χ4v) is 4.66. The molecule has 0 saturated carbocycles. The first-order valence-electron chi connectivity index (χ1n) is 9.44. The Balaban J connectivity index is 1.61. The van der Waals surface area contributed by atoms with Gasteiger partial charge in [0, 0.05) is 11.6 Å². The number of para-hydroxylation sites is 1. The molecule has 2 aromatic carbocycles. The second-order valence-electron chi connectivity index (χ2n) is 6.69. The number of amides is 1. The smallest absolute Gasteiger partial charge is 0.272 e. The number of aromatic nitrogens is 2. The van der Waals surface area contributed by atoms with Gasteiger partial charge < -0.3 is 10.1 Å². The van der Waals surface area contributed by atoms with Crippen LogP contribution in [0.25, 0.3) is 10.2 Å². The SMILES string of the molecule is COc1ccccc1Cn1c(SCC(=O)Nc2cc(F)ccc2F)nc2ccsc2c1=O. The topological polar surface area (TPSA) is 73.2 Å². The molecule has 0 radical (unpaired) electrons. The minimum Gasteiger partial charge on any atom is -0.496 e. The van der Waals surface area contributed by atoms with Gasteiger partial charge in [0.05, 0.1) is 30.6 Å². The lowest BCUT2D eigenvalue weighted by Gasteiger charge is -2.14. The fourth-order valence-electron chi connectivity index (χ4n) is 3.09. The van der Waals surface area contributed by atoms with Gasteiger partial charge in [-0.25, -0.2) is 13.8 Å². The summed E-state index contributed by atoms with van der Waals surface area (Å²) in [6.07, 6.45) is 0. The van der Waals surface area contributed by atoms with E-state index >= 15 is 0 Å². The maximum absolute atomic E-state index is 13.8. The summed E-state index contributed by atoms with van der Waals surface area (Å²) in [5.41, 5.74) is 0.844. The number of carbonyl (C=O) groups excluding carboxylic acids is 1. The molecule has 0 spiro atoms. The van der Waals surface area contributed by atoms with Crippen LogP contribution in [0.2, 0.25) is 0 Å². The molecule has 0 saturated heterocycles. The number of ether oxygens (including phenoxy) is 1. The minimum absolute atomic E-state index is 0.149. The third-order valence-electron chi connectivity index (χ3n) is 4.59. The number of nitrogens with one attached hydrogen (secondary N) is 1. The molecule has 0 fully saturated rings. The van der Waals surface area contributed by atoms with Crippen molar-refractivity contribution in [1.29, 1.82) is 0 Å². The summed E-state index contributed by atoms with van der Waals surface area (Å²) < 4.78 is 34.5. The van der Waals surface area contributed by atoms with E-state index in [1.165, 1.54) is 15.9 Å². The molecule has 0 bridgehead atoms. The molecule has 0 aliphatic rings. The van der Waals surface area contributed by atoms with Gasteiger partial charge in [-0.05, 0) is 29.6 Å². The van der Waals surface area contributed by atoms with Gasteiger partial charge in [0.25, 0.3) is 5.56 Å². The second kappa shape index (κ2) is 9.49. The number of rotatable bonds is 7. The van der Waals surface area contributed by atoms with Crippen LogP contribution in [0, 0.1) is 11.6 Å². The highest BCUT2D eigenvalue weighted by Crippen LogP contribution is 2.25. The number of carbonyl (C=O) groups is 1. The van der Waals surface area contributed by atoms with Crippen LogP contribution in [-0.4, -0.2) is 28.3 Å². The predicted molar refractivity (Wildman–Crippen MR) is 122 cm³/mol. The summed E-state index contributed by atoms with van der Waals surface area (Å²) >= 11 is 2.33. The van der Waals surface area contributed by atoms with Crippen molar-refractivity contribution in [3.63, 3.8) is 0 Å². The third-order valence-corrected chi connectivity index (χ3v) is 6.45. The lowest BCUT2D eigenvalue weighted by Crippen LogP contribution is -2.24. The number of thiophene rings is 1. The molecule has 4 rings (SSSR count). The van der Waals surface area contributed by atoms with Gasteiger partial charge in [-0.3, -0.25) is 14.2 Å². The predicted octanol–water partition coefficient (Wildman–Crippen LogP) is 4.52. The van der Waals surface area contributed by atoms with Crippen molar-refractivity contribution >= 4 is 44.9 Å². The van der Waals surface area contributed by atoms with Gasteiger partial charge in [0.1, 0.15) is 22.1 Å². The maximum atomic E-state index is 13.8. The number of anilines is 1. The summed E-state index contributed by atoms with van der Waals surface area (Å²) in [5, 5.41) is 4.46. The van der Waals surface area contributed by atoms with Gasteiger partial charge in [0.2, 0.25) is 5.91 Å². The zero-order valence-corrected chi connectivity index (χ0v) is 18.4. The van der Waals surface area contributed by atoms with Gasteiger partial charge >= 0.3 is 0 Å². The van der Waals surface area contributed by atoms with E-state index in [0.29, 0.717) is 21.1 Å². The van der Waals surface area contributed by atoms with Gasteiger partial charge in [0.15, 0.2) is 5.16 Å². The highest BCUT2D eigenvalue weighted by atomic mass is 32.2. The Hall–Kier alpha value is -3.24. The van der Waals surface area contributed by atoms with E-state index < -0.39 is 17.5 Å². The van der Waals surface area contributed by atoms with E-state index in [1.54, 1.807) is 24.6 Å². The van der Waals surface area contributed by atoms with Crippen LogP contribution in [0.3, 0.4) is 0 Å². The lowest BCUT2D eigenvalue weighted by molar-refractivity contribution is -0.113. The molecule has 0 unspecified atom stereocenters. The van der Waals surface area contributed by atoms with Crippen LogP contribution in [-0.2, 0) is 11.3 Å². The average molecular weight is 474 g/mol. The summed E-state index contributed by atoms with van der Waals surface area (Å²) in [6.45, 7) is 0.201. The number of fused-ring (bicyclic) bond motifs is 1. The summed E-state index contributed by atoms with van der Waals surface area (Å²) in [5.74, 6) is -1.48. The van der Waals surface area contributed by atoms with E-state index in [0.717, 1.165) is 35.5 Å². The molecule has 0 atom stereocenters. The Bertz CT molecular complexity index is 1350. The number of halogens is 2. The normalized spacial score (nSPS) is 11.0. The first-order valence-corrected chi connectivity index (χ1v) is 11.3. The second-order valence-corrected chi connectivity index (χ2v) is 8.55. The highest BCUT2D eigenvalue weighted by molar-refractivity contribution is 7.99. The molecule has 6 nitrogen and oxygen atoms in total. The lowest BCUT2D eigenvalue weighted by atomic mass is 10.2. The van der Waals surface area contributed by atoms with Gasteiger partial charge in [-0.15, -0.1) is 11.3 Å². The van der Waals surface area contributed by atoms with E-state index in [9.17, 15) is 18.4 Å². The minimum atomic E-state index is -0.740. The van der Waals surface area contributed by atoms with E-state index in [2.05, 4.69) is 10.3 Å². The van der Waals surface area contributed by atoms with Gasteiger partial charge in [-0.2, -0.15) is 0 Å². The zero-order valence-electron chi connectivity index (χ0n) is 16.8. The molecule has 0 aliphatic carbocycles. The van der Waals surface area contributed by atoms with Crippen molar-refractivity contribution in [2.45, 2.75) is 11.7 Å². The monoisotopic (exact) mass is 473 g/mol. The summed E-state index contributed by atoms with van der Waals surface area (Å²) in [6, 6.07) is 11.9. The average Bonchev–Trinajstić information content (AvgIpc) is 3.26.